The maximum Gasteiger partial charge on any atom is 0.307 e. The van der Waals surface area contributed by atoms with Crippen molar-refractivity contribution in [2.24, 2.45) is 7.05 Å². The second kappa shape index (κ2) is 8.21. The van der Waals surface area contributed by atoms with Crippen molar-refractivity contribution in [3.63, 3.8) is 0 Å². The summed E-state index contributed by atoms with van der Waals surface area (Å²) >= 11 is 1.01. The first-order valence-electron chi connectivity index (χ1n) is 7.18. The van der Waals surface area contributed by atoms with Gasteiger partial charge in [0.25, 0.3) is 5.91 Å². The average molecular weight is 299 g/mol. The molecule has 0 fully saturated rings. The van der Waals surface area contributed by atoms with Crippen LogP contribution >= 0.6 is 11.3 Å². The number of hydrogen-bond acceptors (Lipinski definition) is 4. The Bertz CT molecular complexity index is 489. The highest BCUT2D eigenvalue weighted by Crippen LogP contribution is 2.10. The van der Waals surface area contributed by atoms with Crippen molar-refractivity contribution < 1.29 is 4.79 Å². The molecule has 0 radical (unpaired) electrons. The second-order valence-corrected chi connectivity index (χ2v) is 5.79. The highest BCUT2D eigenvalue weighted by molar-refractivity contribution is 7.11. The van der Waals surface area contributed by atoms with Gasteiger partial charge >= 0.3 is 4.87 Å². The number of rotatable bonds is 8. The molecule has 1 N–H and O–H groups in total. The molecular formula is C14H25N3O2S. The summed E-state index contributed by atoms with van der Waals surface area (Å²) in [7, 11) is 1.69. The molecule has 0 bridgehead atoms. The minimum Gasteiger partial charge on any atom is -0.351 e. The van der Waals surface area contributed by atoms with E-state index in [0.29, 0.717) is 11.4 Å². The molecule has 1 amide bonds. The fraction of sp³-hybridized carbons (Fsp3) is 0.714. The number of aromatic nitrogens is 1. The Kier molecular flexibility index (Phi) is 6.95. The molecule has 0 aliphatic carbocycles. The number of hydrogen-bond donors (Lipinski definition) is 1. The topological polar surface area (TPSA) is 54.3 Å². The molecule has 0 aromatic carbocycles. The van der Waals surface area contributed by atoms with E-state index in [4.69, 9.17) is 0 Å². The Labute approximate surface area is 124 Å². The molecule has 0 aliphatic rings. The van der Waals surface area contributed by atoms with Crippen LogP contribution in [-0.2, 0) is 7.05 Å². The first kappa shape index (κ1) is 16.9. The number of nitrogens with zero attached hydrogens (tertiary/aromatic N) is 2. The highest BCUT2D eigenvalue weighted by atomic mass is 32.1. The lowest BCUT2D eigenvalue weighted by molar-refractivity contribution is 0.0955. The third-order valence-electron chi connectivity index (χ3n) is 3.58. The van der Waals surface area contributed by atoms with Crippen molar-refractivity contribution >= 4 is 17.2 Å². The van der Waals surface area contributed by atoms with Gasteiger partial charge in [-0.1, -0.05) is 25.2 Å². The number of amides is 1. The summed E-state index contributed by atoms with van der Waals surface area (Å²) in [5.74, 6) is -0.131. The summed E-state index contributed by atoms with van der Waals surface area (Å²) in [5, 5.41) is 2.89. The van der Waals surface area contributed by atoms with E-state index in [9.17, 15) is 9.59 Å². The fourth-order valence-electron chi connectivity index (χ4n) is 2.01. The van der Waals surface area contributed by atoms with E-state index >= 15 is 0 Å². The fourth-order valence-corrected chi connectivity index (χ4v) is 2.91. The second-order valence-electron chi connectivity index (χ2n) is 4.83. The maximum absolute atomic E-state index is 12.0. The quantitative estimate of drug-likeness (QED) is 0.742. The first-order chi connectivity index (χ1) is 9.51. The summed E-state index contributed by atoms with van der Waals surface area (Å²) in [5.41, 5.74) is 0.737. The Balaban J connectivity index is 2.34. The van der Waals surface area contributed by atoms with Crippen LogP contribution in [0.1, 0.15) is 42.1 Å². The molecule has 1 rings (SSSR count). The molecule has 1 aromatic rings. The van der Waals surface area contributed by atoms with E-state index in [1.54, 1.807) is 14.0 Å². The number of carbonyl (C=O) groups excluding carboxylic acids is 1. The zero-order chi connectivity index (χ0) is 15.1. The smallest absolute Gasteiger partial charge is 0.307 e. The van der Waals surface area contributed by atoms with Crippen LogP contribution in [0.4, 0.5) is 0 Å². The van der Waals surface area contributed by atoms with Gasteiger partial charge in [0.15, 0.2) is 0 Å². The Morgan fingerprint density at radius 2 is 1.95 bits per heavy atom. The molecular weight excluding hydrogens is 274 g/mol. The van der Waals surface area contributed by atoms with Crippen LogP contribution in [-0.4, -0.2) is 41.6 Å². The lowest BCUT2D eigenvalue weighted by atomic mass is 10.2. The van der Waals surface area contributed by atoms with Crippen LogP contribution in [0, 0.1) is 6.92 Å². The van der Waals surface area contributed by atoms with E-state index in [0.717, 1.165) is 49.5 Å². The van der Waals surface area contributed by atoms with Crippen molar-refractivity contribution in [1.29, 1.82) is 0 Å². The average Bonchev–Trinajstić information content (AvgIpc) is 2.70. The number of thiazole rings is 1. The number of unbranched alkanes of at least 4 members (excludes halogenated alkanes) is 1. The predicted molar refractivity (Wildman–Crippen MR) is 83.7 cm³/mol. The van der Waals surface area contributed by atoms with Gasteiger partial charge in [0, 0.05) is 19.3 Å². The summed E-state index contributed by atoms with van der Waals surface area (Å²) in [6.45, 7) is 9.99. The molecule has 114 valence electrons. The monoisotopic (exact) mass is 299 g/mol. The van der Waals surface area contributed by atoms with Gasteiger partial charge in [-0.05, 0) is 39.4 Å². The molecule has 0 unspecified atom stereocenters. The van der Waals surface area contributed by atoms with Crippen molar-refractivity contribution in [3.8, 4) is 0 Å². The normalized spacial score (nSPS) is 11.1. The van der Waals surface area contributed by atoms with Crippen LogP contribution in [0.3, 0.4) is 0 Å². The molecule has 1 heterocycles. The van der Waals surface area contributed by atoms with E-state index in [1.165, 1.54) is 4.57 Å². The third kappa shape index (κ3) is 4.45. The Hall–Kier alpha value is -1.14. The van der Waals surface area contributed by atoms with Crippen LogP contribution in [0.2, 0.25) is 0 Å². The minimum absolute atomic E-state index is 0.0887. The van der Waals surface area contributed by atoms with E-state index < -0.39 is 0 Å². The molecule has 0 saturated carbocycles. The van der Waals surface area contributed by atoms with Crippen molar-refractivity contribution in [2.75, 3.05) is 26.2 Å². The van der Waals surface area contributed by atoms with Crippen LogP contribution in [0.15, 0.2) is 4.79 Å². The molecule has 1 aromatic heterocycles. The zero-order valence-corrected chi connectivity index (χ0v) is 13.7. The Morgan fingerprint density at radius 3 is 2.45 bits per heavy atom. The van der Waals surface area contributed by atoms with E-state index in [-0.39, 0.29) is 10.8 Å². The molecule has 0 aliphatic heterocycles. The maximum atomic E-state index is 12.0. The number of carbonyl (C=O) groups is 1. The minimum atomic E-state index is -0.131. The van der Waals surface area contributed by atoms with Crippen molar-refractivity contribution in [2.45, 2.75) is 33.6 Å². The van der Waals surface area contributed by atoms with Gasteiger partial charge in [-0.3, -0.25) is 9.59 Å². The highest BCUT2D eigenvalue weighted by Gasteiger charge is 2.15. The van der Waals surface area contributed by atoms with Gasteiger partial charge in [-0.15, -0.1) is 0 Å². The van der Waals surface area contributed by atoms with Crippen molar-refractivity contribution in [3.05, 3.63) is 20.2 Å². The number of nitrogens with one attached hydrogen (secondary N) is 1. The van der Waals surface area contributed by atoms with Gasteiger partial charge < -0.3 is 14.8 Å². The van der Waals surface area contributed by atoms with Gasteiger partial charge in [-0.25, -0.2) is 0 Å². The summed E-state index contributed by atoms with van der Waals surface area (Å²) < 4.78 is 1.51. The van der Waals surface area contributed by atoms with Gasteiger partial charge in [-0.2, -0.15) is 0 Å². The largest absolute Gasteiger partial charge is 0.351 e. The summed E-state index contributed by atoms with van der Waals surface area (Å²) in [6.07, 6.45) is 2.04. The molecule has 6 heteroatoms. The summed E-state index contributed by atoms with van der Waals surface area (Å²) in [6, 6.07) is 0. The Morgan fingerprint density at radius 1 is 1.30 bits per heavy atom. The molecule has 0 saturated heterocycles. The first-order valence-corrected chi connectivity index (χ1v) is 7.99. The van der Waals surface area contributed by atoms with Crippen LogP contribution in [0.25, 0.3) is 0 Å². The van der Waals surface area contributed by atoms with Crippen LogP contribution in [0.5, 0.6) is 0 Å². The molecule has 20 heavy (non-hydrogen) atoms. The van der Waals surface area contributed by atoms with Gasteiger partial charge in [0.2, 0.25) is 0 Å². The molecule has 0 spiro atoms. The summed E-state index contributed by atoms with van der Waals surface area (Å²) in [4.78, 5) is 26.3. The van der Waals surface area contributed by atoms with E-state index in [1.807, 2.05) is 0 Å². The van der Waals surface area contributed by atoms with Crippen LogP contribution < -0.4 is 10.2 Å². The lowest BCUT2D eigenvalue weighted by Crippen LogP contribution is -2.27. The van der Waals surface area contributed by atoms with Crippen molar-refractivity contribution in [1.82, 2.24) is 14.8 Å². The van der Waals surface area contributed by atoms with Gasteiger partial charge in [0.1, 0.15) is 4.88 Å². The SMILES string of the molecule is CCN(CC)CCCCNC(=O)c1sc(=O)n(C)c1C. The van der Waals surface area contributed by atoms with Gasteiger partial charge in [0.05, 0.1) is 0 Å². The standard InChI is InChI=1S/C14H25N3O2S/c1-5-17(6-2)10-8-7-9-15-13(18)12-11(3)16(4)14(19)20-12/h5-10H2,1-4H3,(H,15,18). The molecule has 5 nitrogen and oxygen atoms in total. The third-order valence-corrected chi connectivity index (χ3v) is 4.72. The molecule has 0 atom stereocenters. The zero-order valence-electron chi connectivity index (χ0n) is 12.9. The lowest BCUT2D eigenvalue weighted by Gasteiger charge is -2.17. The predicted octanol–water partition coefficient (Wildman–Crippen LogP) is 1.61. The van der Waals surface area contributed by atoms with E-state index in [2.05, 4.69) is 24.1 Å².